The van der Waals surface area contributed by atoms with E-state index in [0.29, 0.717) is 25.8 Å². The van der Waals surface area contributed by atoms with E-state index in [1.807, 2.05) is 24.3 Å². The molecule has 1 aliphatic carbocycles. The largest absolute Gasteiger partial charge is 0.497 e. The SMILES string of the molecule is COc1ccc(C2(C(=O)OC(=O)[C@]3(OC)CCCN3)CCCC2)cc1. The summed E-state index contributed by atoms with van der Waals surface area (Å²) in [7, 11) is 3.06. The fraction of sp³-hybridized carbons (Fsp3) is 0.579. The van der Waals surface area contributed by atoms with Crippen LogP contribution in [0.25, 0.3) is 0 Å². The van der Waals surface area contributed by atoms with Crippen LogP contribution in [0, 0.1) is 0 Å². The summed E-state index contributed by atoms with van der Waals surface area (Å²) in [5, 5.41) is 3.02. The van der Waals surface area contributed by atoms with Crippen molar-refractivity contribution in [2.45, 2.75) is 49.7 Å². The molecule has 2 aliphatic rings. The van der Waals surface area contributed by atoms with Gasteiger partial charge in [-0.1, -0.05) is 25.0 Å². The lowest BCUT2D eigenvalue weighted by Gasteiger charge is -2.30. The zero-order valence-electron chi connectivity index (χ0n) is 14.8. The van der Waals surface area contributed by atoms with Crippen LogP contribution in [0.2, 0.25) is 0 Å². The summed E-state index contributed by atoms with van der Waals surface area (Å²) in [6.45, 7) is 0.667. The minimum absolute atomic E-state index is 0.481. The van der Waals surface area contributed by atoms with Crippen LogP contribution in [0.5, 0.6) is 5.75 Å². The molecule has 1 aromatic carbocycles. The van der Waals surface area contributed by atoms with Gasteiger partial charge in [0.15, 0.2) is 0 Å². The number of ether oxygens (including phenoxy) is 3. The maximum Gasteiger partial charge on any atom is 0.361 e. The van der Waals surface area contributed by atoms with Crippen LogP contribution in [0.3, 0.4) is 0 Å². The fourth-order valence-electron chi connectivity index (χ4n) is 3.91. The van der Waals surface area contributed by atoms with Gasteiger partial charge in [-0.25, -0.2) is 4.79 Å². The van der Waals surface area contributed by atoms with Crippen LogP contribution < -0.4 is 10.1 Å². The molecular weight excluding hydrogens is 322 g/mol. The summed E-state index contributed by atoms with van der Waals surface area (Å²) < 4.78 is 15.9. The van der Waals surface area contributed by atoms with Gasteiger partial charge in [0, 0.05) is 13.5 Å². The summed E-state index contributed by atoms with van der Waals surface area (Å²) in [5.74, 6) is -0.391. The van der Waals surface area contributed by atoms with Gasteiger partial charge in [0.05, 0.1) is 12.5 Å². The first-order chi connectivity index (χ1) is 12.1. The lowest BCUT2D eigenvalue weighted by Crippen LogP contribution is -2.52. The predicted octanol–water partition coefficient (Wildman–Crippen LogP) is 2.30. The van der Waals surface area contributed by atoms with Gasteiger partial charge < -0.3 is 14.2 Å². The Kier molecular flexibility index (Phi) is 5.11. The molecule has 0 amide bonds. The van der Waals surface area contributed by atoms with Crippen LogP contribution in [0.1, 0.15) is 44.1 Å². The van der Waals surface area contributed by atoms with Crippen molar-refractivity contribution in [1.82, 2.24) is 5.32 Å². The number of carbonyl (C=O) groups is 2. The molecule has 0 aromatic heterocycles. The van der Waals surface area contributed by atoms with Crippen molar-refractivity contribution in [2.75, 3.05) is 20.8 Å². The zero-order valence-corrected chi connectivity index (χ0v) is 14.8. The third kappa shape index (κ3) is 3.16. The summed E-state index contributed by atoms with van der Waals surface area (Å²) >= 11 is 0. The molecule has 25 heavy (non-hydrogen) atoms. The summed E-state index contributed by atoms with van der Waals surface area (Å²) in [5.41, 5.74) is -1.10. The van der Waals surface area contributed by atoms with Crippen molar-refractivity contribution >= 4 is 11.9 Å². The van der Waals surface area contributed by atoms with Gasteiger partial charge >= 0.3 is 11.9 Å². The summed E-state index contributed by atoms with van der Waals surface area (Å²) in [6.07, 6.45) is 4.54. The van der Waals surface area contributed by atoms with Crippen molar-refractivity contribution in [3.63, 3.8) is 0 Å². The van der Waals surface area contributed by atoms with Gasteiger partial charge in [-0.05, 0) is 43.5 Å². The van der Waals surface area contributed by atoms with E-state index >= 15 is 0 Å². The van der Waals surface area contributed by atoms with E-state index in [0.717, 1.165) is 30.6 Å². The van der Waals surface area contributed by atoms with E-state index in [1.165, 1.54) is 7.11 Å². The second-order valence-electron chi connectivity index (χ2n) is 6.76. The molecular formula is C19H25NO5. The number of hydrogen-bond acceptors (Lipinski definition) is 6. The van der Waals surface area contributed by atoms with E-state index in [-0.39, 0.29) is 0 Å². The Bertz CT molecular complexity index is 628. The lowest BCUT2D eigenvalue weighted by molar-refractivity contribution is -0.181. The minimum Gasteiger partial charge on any atom is -0.497 e. The van der Waals surface area contributed by atoms with Crippen molar-refractivity contribution in [3.8, 4) is 5.75 Å². The molecule has 1 saturated heterocycles. The van der Waals surface area contributed by atoms with E-state index in [2.05, 4.69) is 5.32 Å². The average molecular weight is 347 g/mol. The third-order valence-corrected chi connectivity index (χ3v) is 5.47. The van der Waals surface area contributed by atoms with Gasteiger partial charge in [-0.15, -0.1) is 0 Å². The quantitative estimate of drug-likeness (QED) is 0.651. The Labute approximate surface area is 147 Å². The number of rotatable bonds is 5. The van der Waals surface area contributed by atoms with Crippen LogP contribution in [0.4, 0.5) is 0 Å². The molecule has 1 saturated carbocycles. The Hall–Kier alpha value is -1.92. The van der Waals surface area contributed by atoms with Crippen molar-refractivity contribution in [1.29, 1.82) is 0 Å². The maximum atomic E-state index is 13.0. The number of methoxy groups -OCH3 is 2. The second-order valence-corrected chi connectivity index (χ2v) is 6.76. The van der Waals surface area contributed by atoms with E-state index in [1.54, 1.807) is 7.11 Å². The Balaban J connectivity index is 1.82. The highest BCUT2D eigenvalue weighted by Gasteiger charge is 2.49. The molecule has 1 aliphatic heterocycles. The highest BCUT2D eigenvalue weighted by molar-refractivity contribution is 5.95. The Morgan fingerprint density at radius 3 is 2.16 bits per heavy atom. The number of hydrogen-bond donors (Lipinski definition) is 1. The molecule has 6 nitrogen and oxygen atoms in total. The average Bonchev–Trinajstić information content (AvgIpc) is 3.32. The third-order valence-electron chi connectivity index (χ3n) is 5.47. The number of benzene rings is 1. The number of esters is 2. The maximum absolute atomic E-state index is 13.0. The van der Waals surface area contributed by atoms with Crippen LogP contribution in [-0.4, -0.2) is 38.4 Å². The summed E-state index contributed by atoms with van der Waals surface area (Å²) in [4.78, 5) is 25.6. The number of nitrogens with one attached hydrogen (secondary N) is 1. The lowest BCUT2D eigenvalue weighted by atomic mass is 9.79. The highest BCUT2D eigenvalue weighted by atomic mass is 16.6. The van der Waals surface area contributed by atoms with Crippen LogP contribution >= 0.6 is 0 Å². The molecule has 0 bridgehead atoms. The van der Waals surface area contributed by atoms with E-state index in [4.69, 9.17) is 14.2 Å². The van der Waals surface area contributed by atoms with Crippen LogP contribution in [-0.2, 0) is 24.5 Å². The second kappa shape index (κ2) is 7.14. The van der Waals surface area contributed by atoms with Gasteiger partial charge in [0.25, 0.3) is 0 Å². The smallest absolute Gasteiger partial charge is 0.361 e. The summed E-state index contributed by atoms with van der Waals surface area (Å²) in [6, 6.07) is 7.44. The topological polar surface area (TPSA) is 73.9 Å². The molecule has 1 heterocycles. The van der Waals surface area contributed by atoms with Gasteiger partial charge in [-0.2, -0.15) is 0 Å². The molecule has 3 rings (SSSR count). The molecule has 0 spiro atoms. The normalized spacial score (nSPS) is 24.9. The molecule has 0 unspecified atom stereocenters. The first-order valence-corrected chi connectivity index (χ1v) is 8.78. The molecule has 136 valence electrons. The molecule has 0 radical (unpaired) electrons. The monoisotopic (exact) mass is 347 g/mol. The zero-order chi connectivity index (χ0) is 17.9. The molecule has 1 N–H and O–H groups in total. The molecule has 2 fully saturated rings. The standard InChI is InChI=1S/C19H25NO5/c1-23-15-8-6-14(7-9-15)18(10-3-4-11-18)16(21)25-17(22)19(24-2)12-5-13-20-19/h6-9,20H,3-5,10-13H2,1-2H3/t19-/m1/s1. The Morgan fingerprint density at radius 2 is 1.64 bits per heavy atom. The highest BCUT2D eigenvalue weighted by Crippen LogP contribution is 2.43. The van der Waals surface area contributed by atoms with E-state index < -0.39 is 23.1 Å². The first-order valence-electron chi connectivity index (χ1n) is 8.78. The minimum atomic E-state index is -1.20. The van der Waals surface area contributed by atoms with Crippen molar-refractivity contribution in [2.24, 2.45) is 0 Å². The van der Waals surface area contributed by atoms with Gasteiger partial charge in [-0.3, -0.25) is 10.1 Å². The molecule has 1 atom stereocenters. The fourth-order valence-corrected chi connectivity index (χ4v) is 3.91. The molecule has 1 aromatic rings. The van der Waals surface area contributed by atoms with Crippen molar-refractivity contribution < 1.29 is 23.8 Å². The van der Waals surface area contributed by atoms with Crippen molar-refractivity contribution in [3.05, 3.63) is 29.8 Å². The number of carbonyl (C=O) groups excluding carboxylic acids is 2. The van der Waals surface area contributed by atoms with E-state index in [9.17, 15) is 9.59 Å². The van der Waals surface area contributed by atoms with Gasteiger partial charge in [0.1, 0.15) is 5.75 Å². The van der Waals surface area contributed by atoms with Gasteiger partial charge in [0.2, 0.25) is 5.72 Å². The predicted molar refractivity (Wildman–Crippen MR) is 91.2 cm³/mol. The van der Waals surface area contributed by atoms with Crippen LogP contribution in [0.15, 0.2) is 24.3 Å². The first kappa shape index (κ1) is 17.9. The Morgan fingerprint density at radius 1 is 0.960 bits per heavy atom. The molecule has 6 heteroatoms.